The zero-order valence-corrected chi connectivity index (χ0v) is 11.4. The fourth-order valence-corrected chi connectivity index (χ4v) is 1.68. The van der Waals surface area contributed by atoms with Crippen molar-refractivity contribution in [2.45, 2.75) is 19.4 Å². The van der Waals surface area contributed by atoms with Gasteiger partial charge in [-0.05, 0) is 19.9 Å². The number of nitrogens with one attached hydrogen (secondary N) is 2. The summed E-state index contributed by atoms with van der Waals surface area (Å²) in [6.07, 6.45) is 0. The minimum absolute atomic E-state index is 0.0237. The van der Waals surface area contributed by atoms with Gasteiger partial charge in [-0.15, -0.1) is 0 Å². The Kier molecular flexibility index (Phi) is 3.53. The summed E-state index contributed by atoms with van der Waals surface area (Å²) >= 11 is 0. The average molecular weight is 265 g/mol. The molecule has 1 amide bonds. The number of amides is 1. The molecular weight excluding hydrogens is 246 g/mol. The maximum Gasteiger partial charge on any atom is 0.262 e. The molecule has 0 aromatic heterocycles. The van der Waals surface area contributed by atoms with E-state index in [2.05, 4.69) is 10.6 Å². The van der Waals surface area contributed by atoms with Gasteiger partial charge in [-0.3, -0.25) is 4.79 Å². The molecule has 1 aliphatic heterocycles. The van der Waals surface area contributed by atoms with E-state index in [4.69, 9.17) is 15.2 Å². The number of nitrogen functional groups attached to an aromatic ring is 1. The monoisotopic (exact) mass is 265 g/mol. The van der Waals surface area contributed by atoms with E-state index >= 15 is 0 Å². The molecule has 0 spiro atoms. The Hall–Kier alpha value is -1.95. The van der Waals surface area contributed by atoms with Crippen LogP contribution in [-0.4, -0.2) is 31.8 Å². The lowest BCUT2D eigenvalue weighted by Gasteiger charge is -2.25. The summed E-state index contributed by atoms with van der Waals surface area (Å²) in [5.74, 6) is 0.425. The summed E-state index contributed by atoms with van der Waals surface area (Å²) in [6.45, 7) is 4.57. The molecule has 0 fully saturated rings. The largest absolute Gasteiger partial charge is 0.482 e. The van der Waals surface area contributed by atoms with E-state index < -0.39 is 0 Å². The van der Waals surface area contributed by atoms with Crippen LogP contribution in [0.4, 0.5) is 17.1 Å². The van der Waals surface area contributed by atoms with Crippen molar-refractivity contribution in [3.05, 3.63) is 12.1 Å². The predicted molar refractivity (Wildman–Crippen MR) is 74.6 cm³/mol. The highest BCUT2D eigenvalue weighted by Crippen LogP contribution is 2.35. The molecule has 1 heterocycles. The number of rotatable bonds is 4. The Morgan fingerprint density at radius 1 is 1.53 bits per heavy atom. The fourth-order valence-electron chi connectivity index (χ4n) is 1.68. The van der Waals surface area contributed by atoms with Gasteiger partial charge < -0.3 is 25.8 Å². The van der Waals surface area contributed by atoms with E-state index in [1.807, 2.05) is 13.8 Å². The molecule has 19 heavy (non-hydrogen) atoms. The van der Waals surface area contributed by atoms with Gasteiger partial charge in [-0.2, -0.15) is 0 Å². The Morgan fingerprint density at radius 3 is 2.95 bits per heavy atom. The van der Waals surface area contributed by atoms with E-state index in [1.165, 1.54) is 0 Å². The standard InChI is InChI=1S/C13H19N3O3/c1-13(2,18-3)7-15-9-5-10-11(4-8(9)14)19-6-12(17)16-10/h4-5,15H,6-7,14H2,1-3H3,(H,16,17). The zero-order chi connectivity index (χ0) is 14.0. The highest BCUT2D eigenvalue weighted by Gasteiger charge is 2.20. The fraction of sp³-hybridized carbons (Fsp3) is 0.462. The van der Waals surface area contributed by atoms with Gasteiger partial charge in [0, 0.05) is 19.7 Å². The molecule has 1 aromatic carbocycles. The molecule has 1 aliphatic rings. The third-order valence-electron chi connectivity index (χ3n) is 3.04. The predicted octanol–water partition coefficient (Wildman–Crippen LogP) is 1.44. The quantitative estimate of drug-likeness (QED) is 0.717. The Bertz CT molecular complexity index is 500. The SMILES string of the molecule is COC(C)(C)CNc1cc2c(cc1N)OCC(=O)N2. The smallest absolute Gasteiger partial charge is 0.262 e. The van der Waals surface area contributed by atoms with Gasteiger partial charge in [0.25, 0.3) is 5.91 Å². The van der Waals surface area contributed by atoms with Crippen molar-refractivity contribution in [2.75, 3.05) is 36.6 Å². The van der Waals surface area contributed by atoms with Gasteiger partial charge in [0.05, 0.1) is 22.7 Å². The van der Waals surface area contributed by atoms with E-state index in [9.17, 15) is 4.79 Å². The number of hydrogen-bond acceptors (Lipinski definition) is 5. The third kappa shape index (κ3) is 3.08. The van der Waals surface area contributed by atoms with Crippen LogP contribution in [0.25, 0.3) is 0 Å². The van der Waals surface area contributed by atoms with Crippen molar-refractivity contribution in [3.63, 3.8) is 0 Å². The molecule has 6 heteroatoms. The average Bonchev–Trinajstić information content (AvgIpc) is 2.37. The number of nitrogens with two attached hydrogens (primary N) is 1. The van der Waals surface area contributed by atoms with Gasteiger partial charge >= 0.3 is 0 Å². The van der Waals surface area contributed by atoms with E-state index in [1.54, 1.807) is 19.2 Å². The summed E-state index contributed by atoms with van der Waals surface area (Å²) in [4.78, 5) is 11.3. The first-order chi connectivity index (χ1) is 8.91. The van der Waals surface area contributed by atoms with Crippen molar-refractivity contribution in [2.24, 2.45) is 0 Å². The Labute approximate surface area is 112 Å². The number of methoxy groups -OCH3 is 1. The lowest BCUT2D eigenvalue weighted by Crippen LogP contribution is -2.32. The molecule has 0 saturated heterocycles. The third-order valence-corrected chi connectivity index (χ3v) is 3.04. The van der Waals surface area contributed by atoms with Crippen LogP contribution < -0.4 is 21.1 Å². The lowest BCUT2D eigenvalue weighted by molar-refractivity contribution is -0.118. The lowest BCUT2D eigenvalue weighted by atomic mass is 10.1. The molecule has 104 valence electrons. The van der Waals surface area contributed by atoms with Crippen LogP contribution in [0.3, 0.4) is 0 Å². The molecule has 4 N–H and O–H groups in total. The van der Waals surface area contributed by atoms with Crippen molar-refractivity contribution in [3.8, 4) is 5.75 Å². The zero-order valence-electron chi connectivity index (χ0n) is 11.4. The second kappa shape index (κ2) is 4.97. The van der Waals surface area contributed by atoms with Crippen LogP contribution in [0.15, 0.2) is 12.1 Å². The van der Waals surface area contributed by atoms with Gasteiger partial charge in [0.2, 0.25) is 0 Å². The van der Waals surface area contributed by atoms with Crippen molar-refractivity contribution >= 4 is 23.0 Å². The summed E-state index contributed by atoms with van der Waals surface area (Å²) in [5, 5.41) is 5.96. The maximum absolute atomic E-state index is 11.3. The maximum atomic E-state index is 11.3. The first kappa shape index (κ1) is 13.5. The van der Waals surface area contributed by atoms with E-state index in [0.29, 0.717) is 23.7 Å². The highest BCUT2D eigenvalue weighted by molar-refractivity contribution is 5.97. The summed E-state index contributed by atoms with van der Waals surface area (Å²) < 4.78 is 10.6. The Morgan fingerprint density at radius 2 is 2.26 bits per heavy atom. The van der Waals surface area contributed by atoms with E-state index in [0.717, 1.165) is 5.69 Å². The number of benzene rings is 1. The normalized spacial score (nSPS) is 14.4. The molecule has 0 aliphatic carbocycles. The molecule has 0 saturated carbocycles. The number of carbonyl (C=O) groups is 1. The first-order valence-electron chi connectivity index (χ1n) is 6.06. The summed E-state index contributed by atoms with van der Waals surface area (Å²) in [6, 6.07) is 3.48. The second-order valence-electron chi connectivity index (χ2n) is 5.09. The molecule has 1 aromatic rings. The van der Waals surface area contributed by atoms with Gasteiger partial charge in [0.15, 0.2) is 6.61 Å². The van der Waals surface area contributed by atoms with Crippen LogP contribution in [0.1, 0.15) is 13.8 Å². The molecule has 0 bridgehead atoms. The molecule has 0 unspecified atom stereocenters. The van der Waals surface area contributed by atoms with Crippen LogP contribution >= 0.6 is 0 Å². The minimum Gasteiger partial charge on any atom is -0.482 e. The van der Waals surface area contributed by atoms with Gasteiger partial charge in [0.1, 0.15) is 5.75 Å². The van der Waals surface area contributed by atoms with Gasteiger partial charge in [-0.25, -0.2) is 0 Å². The number of anilines is 3. The molecule has 6 nitrogen and oxygen atoms in total. The minimum atomic E-state index is -0.303. The molecule has 2 rings (SSSR count). The van der Waals surface area contributed by atoms with Crippen molar-refractivity contribution in [1.82, 2.24) is 0 Å². The number of carbonyl (C=O) groups excluding carboxylic acids is 1. The van der Waals surface area contributed by atoms with Gasteiger partial charge in [-0.1, -0.05) is 0 Å². The van der Waals surface area contributed by atoms with Crippen LogP contribution in [0.5, 0.6) is 5.75 Å². The molecule has 0 atom stereocenters. The van der Waals surface area contributed by atoms with Crippen LogP contribution in [0, 0.1) is 0 Å². The highest BCUT2D eigenvalue weighted by atomic mass is 16.5. The topological polar surface area (TPSA) is 85.6 Å². The number of fused-ring (bicyclic) bond motifs is 1. The van der Waals surface area contributed by atoms with Crippen molar-refractivity contribution < 1.29 is 14.3 Å². The van der Waals surface area contributed by atoms with Crippen LogP contribution in [0.2, 0.25) is 0 Å². The molecular formula is C13H19N3O3. The summed E-state index contributed by atoms with van der Waals surface area (Å²) in [5.41, 5.74) is 7.59. The number of hydrogen-bond donors (Lipinski definition) is 3. The van der Waals surface area contributed by atoms with E-state index in [-0.39, 0.29) is 18.1 Å². The molecule has 0 radical (unpaired) electrons. The first-order valence-corrected chi connectivity index (χ1v) is 6.06. The second-order valence-corrected chi connectivity index (χ2v) is 5.09. The van der Waals surface area contributed by atoms with Crippen molar-refractivity contribution in [1.29, 1.82) is 0 Å². The summed E-state index contributed by atoms with van der Waals surface area (Å²) in [7, 11) is 1.66. The van der Waals surface area contributed by atoms with Crippen LogP contribution in [-0.2, 0) is 9.53 Å². The number of ether oxygens (including phenoxy) is 2. The Balaban J connectivity index is 2.18.